The molecule has 1 aliphatic rings. The van der Waals surface area contributed by atoms with Gasteiger partial charge < -0.3 is 9.43 Å². The number of hydrogen-bond acceptors (Lipinski definition) is 7. The van der Waals surface area contributed by atoms with Crippen molar-refractivity contribution in [1.82, 2.24) is 20.0 Å². The first-order valence-corrected chi connectivity index (χ1v) is 9.37. The molecular formula is C16H16N6O4S. The van der Waals surface area contributed by atoms with Crippen molar-refractivity contribution in [2.75, 3.05) is 4.72 Å². The third-order valence-corrected chi connectivity index (χ3v) is 4.51. The molecule has 0 unspecified atom stereocenters. The smallest absolute Gasteiger partial charge is 0.357 e. The van der Waals surface area contributed by atoms with E-state index in [-0.39, 0.29) is 5.69 Å². The summed E-state index contributed by atoms with van der Waals surface area (Å²) in [5.41, 5.74) is 3.24. The molecule has 3 aromatic rings. The quantitative estimate of drug-likeness (QED) is 0.438. The van der Waals surface area contributed by atoms with E-state index in [2.05, 4.69) is 10.3 Å². The van der Waals surface area contributed by atoms with Crippen molar-refractivity contribution >= 4 is 21.6 Å². The molecule has 2 aromatic heterocycles. The number of hydrogen-bond donors (Lipinski definition) is 3. The molecule has 0 spiro atoms. The Kier molecular flexibility index (Phi) is 4.18. The highest BCUT2D eigenvalue weighted by molar-refractivity contribution is 7.87. The molecule has 4 rings (SSSR count). The molecule has 10 nitrogen and oxygen atoms in total. The number of nitrogens with one attached hydrogen (secondary N) is 1. The molecule has 3 heterocycles. The van der Waals surface area contributed by atoms with E-state index in [9.17, 15) is 8.42 Å². The normalized spacial score (nSPS) is 14.0. The number of nitrogens with zero attached hydrogens (tertiary/aromatic N) is 4. The first kappa shape index (κ1) is 17.3. The Hall–Kier alpha value is -3.15. The lowest BCUT2D eigenvalue weighted by Gasteiger charge is -2.21. The molecule has 27 heavy (non-hydrogen) atoms. The Morgan fingerprint density at radius 2 is 2.15 bits per heavy atom. The number of benzene rings is 1. The van der Waals surface area contributed by atoms with Crippen LogP contribution in [0, 0.1) is 0 Å². The molecule has 0 radical (unpaired) electrons. The molecular weight excluding hydrogens is 372 g/mol. The van der Waals surface area contributed by atoms with Gasteiger partial charge >= 0.3 is 10.3 Å². The highest BCUT2D eigenvalue weighted by atomic mass is 32.2. The summed E-state index contributed by atoms with van der Waals surface area (Å²) < 4.78 is 40.1. The van der Waals surface area contributed by atoms with Crippen LogP contribution in [-0.4, -0.2) is 33.0 Å². The van der Waals surface area contributed by atoms with Crippen LogP contribution in [0.1, 0.15) is 22.7 Å². The van der Waals surface area contributed by atoms with Crippen molar-refractivity contribution in [2.45, 2.75) is 13.1 Å². The summed E-state index contributed by atoms with van der Waals surface area (Å²) in [4.78, 5) is 0. The second-order valence-corrected chi connectivity index (χ2v) is 7.17. The van der Waals surface area contributed by atoms with Gasteiger partial charge in [0.05, 0.1) is 36.3 Å². The second-order valence-electron chi connectivity index (χ2n) is 6.01. The Morgan fingerprint density at radius 1 is 1.30 bits per heavy atom. The minimum atomic E-state index is -4.34. The van der Waals surface area contributed by atoms with Crippen LogP contribution < -0.4 is 10.6 Å². The number of aromatic nitrogens is 3. The summed E-state index contributed by atoms with van der Waals surface area (Å²) in [7, 11) is -4.34. The lowest BCUT2D eigenvalue weighted by atomic mass is 10.1. The van der Waals surface area contributed by atoms with E-state index in [0.717, 1.165) is 16.8 Å². The minimum absolute atomic E-state index is 0.251. The third kappa shape index (κ3) is 3.69. The molecule has 0 aliphatic carbocycles. The van der Waals surface area contributed by atoms with Gasteiger partial charge in [0.2, 0.25) is 0 Å². The zero-order valence-electron chi connectivity index (χ0n) is 14.0. The van der Waals surface area contributed by atoms with E-state index in [0.29, 0.717) is 24.5 Å². The first-order valence-electron chi connectivity index (χ1n) is 7.93. The number of hydrazine groups is 1. The second kappa shape index (κ2) is 6.54. The van der Waals surface area contributed by atoms with Gasteiger partial charge in [-0.1, -0.05) is 17.3 Å². The largest absolute Gasteiger partial charge is 0.464 e. The van der Waals surface area contributed by atoms with Crippen molar-refractivity contribution < 1.29 is 17.4 Å². The number of furan rings is 1. The van der Waals surface area contributed by atoms with Crippen molar-refractivity contribution in [3.63, 3.8) is 0 Å². The standard InChI is InChI=1S/C16H16N6O4S/c17-21-9-13(15-5-2-6-26-15)16-14(10-21)22(20-18-16)8-11-3-1-4-12(7-11)19-27(23,24)25/h1-7,9,19H,8,10,17H2,(H,23,24,25). The Labute approximate surface area is 154 Å². The zero-order valence-corrected chi connectivity index (χ0v) is 14.8. The fourth-order valence-electron chi connectivity index (χ4n) is 2.94. The van der Waals surface area contributed by atoms with Crippen LogP contribution in [0.15, 0.2) is 53.3 Å². The summed E-state index contributed by atoms with van der Waals surface area (Å²) in [6, 6.07) is 10.2. The monoisotopic (exact) mass is 388 g/mol. The van der Waals surface area contributed by atoms with Gasteiger partial charge in [-0.3, -0.25) is 9.27 Å². The SMILES string of the molecule is NN1C=C(c2ccco2)c2nnn(Cc3cccc(NS(=O)(=O)O)c3)c2C1. The Bertz CT molecular complexity index is 1100. The highest BCUT2D eigenvalue weighted by Gasteiger charge is 2.25. The number of fused-ring (bicyclic) bond motifs is 1. The molecule has 0 saturated carbocycles. The van der Waals surface area contributed by atoms with Gasteiger partial charge in [-0.05, 0) is 29.8 Å². The average Bonchev–Trinajstić information content (AvgIpc) is 3.24. The van der Waals surface area contributed by atoms with Crippen molar-refractivity contribution in [3.05, 3.63) is 71.6 Å². The van der Waals surface area contributed by atoms with E-state index in [1.54, 1.807) is 35.3 Å². The Balaban J connectivity index is 1.64. The summed E-state index contributed by atoms with van der Waals surface area (Å²) in [5, 5.41) is 9.99. The summed E-state index contributed by atoms with van der Waals surface area (Å²) in [5.74, 6) is 6.64. The first-order chi connectivity index (χ1) is 12.9. The van der Waals surface area contributed by atoms with E-state index in [1.807, 2.05) is 16.9 Å². The van der Waals surface area contributed by atoms with E-state index in [4.69, 9.17) is 14.8 Å². The molecule has 4 N–H and O–H groups in total. The lowest BCUT2D eigenvalue weighted by Crippen LogP contribution is -2.29. The fourth-order valence-corrected chi connectivity index (χ4v) is 3.36. The maximum atomic E-state index is 11.0. The van der Waals surface area contributed by atoms with Gasteiger partial charge in [-0.15, -0.1) is 5.10 Å². The van der Waals surface area contributed by atoms with Gasteiger partial charge in [0.15, 0.2) is 0 Å². The lowest BCUT2D eigenvalue weighted by molar-refractivity contribution is 0.365. The van der Waals surface area contributed by atoms with Crippen LogP contribution in [0.2, 0.25) is 0 Å². The maximum absolute atomic E-state index is 11.0. The molecule has 140 valence electrons. The van der Waals surface area contributed by atoms with Gasteiger partial charge in [-0.2, -0.15) is 8.42 Å². The number of anilines is 1. The molecule has 0 fully saturated rings. The van der Waals surface area contributed by atoms with Gasteiger partial charge in [0.25, 0.3) is 0 Å². The van der Waals surface area contributed by atoms with Crippen LogP contribution in [0.25, 0.3) is 5.57 Å². The van der Waals surface area contributed by atoms with Gasteiger partial charge in [0, 0.05) is 6.20 Å². The summed E-state index contributed by atoms with van der Waals surface area (Å²) in [6.07, 6.45) is 3.32. The molecule has 0 atom stereocenters. The van der Waals surface area contributed by atoms with E-state index >= 15 is 0 Å². The molecule has 1 aliphatic heterocycles. The van der Waals surface area contributed by atoms with Crippen molar-refractivity contribution in [2.24, 2.45) is 5.84 Å². The van der Waals surface area contributed by atoms with Crippen LogP contribution in [-0.2, 0) is 23.4 Å². The fraction of sp³-hybridized carbons (Fsp3) is 0.125. The van der Waals surface area contributed by atoms with Crippen LogP contribution >= 0.6 is 0 Å². The summed E-state index contributed by atoms with van der Waals surface area (Å²) >= 11 is 0. The molecule has 0 amide bonds. The van der Waals surface area contributed by atoms with Crippen LogP contribution in [0.5, 0.6) is 0 Å². The number of rotatable bonds is 5. The van der Waals surface area contributed by atoms with Crippen LogP contribution in [0.4, 0.5) is 5.69 Å². The van der Waals surface area contributed by atoms with E-state index in [1.165, 1.54) is 11.1 Å². The van der Waals surface area contributed by atoms with Gasteiger partial charge in [-0.25, -0.2) is 10.5 Å². The van der Waals surface area contributed by atoms with Crippen molar-refractivity contribution in [1.29, 1.82) is 0 Å². The average molecular weight is 388 g/mol. The van der Waals surface area contributed by atoms with Gasteiger partial charge in [0.1, 0.15) is 11.5 Å². The molecule has 0 bridgehead atoms. The highest BCUT2D eigenvalue weighted by Crippen LogP contribution is 2.29. The summed E-state index contributed by atoms with van der Waals surface area (Å²) in [6.45, 7) is 0.762. The zero-order chi connectivity index (χ0) is 19.0. The minimum Gasteiger partial charge on any atom is -0.464 e. The molecule has 1 aromatic carbocycles. The predicted molar refractivity (Wildman–Crippen MR) is 96.3 cm³/mol. The van der Waals surface area contributed by atoms with Crippen molar-refractivity contribution in [3.8, 4) is 0 Å². The third-order valence-electron chi connectivity index (χ3n) is 4.01. The van der Waals surface area contributed by atoms with E-state index < -0.39 is 10.3 Å². The number of nitrogens with two attached hydrogens (primary N) is 1. The van der Waals surface area contributed by atoms with Crippen LogP contribution in [0.3, 0.4) is 0 Å². The molecule has 11 heteroatoms. The topological polar surface area (TPSA) is 140 Å². The Morgan fingerprint density at radius 3 is 2.89 bits per heavy atom. The molecule has 0 saturated heterocycles. The predicted octanol–water partition coefficient (Wildman–Crippen LogP) is 1.21. The maximum Gasteiger partial charge on any atom is 0.357 e.